The molecular formula is C12H10ClN3O3. The number of non-ortho nitro benzene ring substituents is 1. The number of benzene rings is 1. The number of nitro benzene ring substituents is 1. The summed E-state index contributed by atoms with van der Waals surface area (Å²) in [6, 6.07) is 7.26. The van der Waals surface area contributed by atoms with Gasteiger partial charge in [0.05, 0.1) is 11.5 Å². The van der Waals surface area contributed by atoms with Crippen molar-refractivity contribution in [3.05, 3.63) is 67.3 Å². The third-order valence-corrected chi connectivity index (χ3v) is 2.85. The number of rotatable bonds is 3. The van der Waals surface area contributed by atoms with Crippen molar-refractivity contribution in [2.45, 2.75) is 13.5 Å². The van der Waals surface area contributed by atoms with E-state index in [9.17, 15) is 14.9 Å². The maximum Gasteiger partial charge on any atom is 0.269 e. The molecule has 0 amide bonds. The standard InChI is InChI=1S/C12H10ClN3O3/c1-8-14-11(13)6-12(17)15(8)7-9-2-4-10(5-3-9)16(18)19/h2-6H,7H2,1H3. The van der Waals surface area contributed by atoms with Crippen LogP contribution in [-0.2, 0) is 6.54 Å². The van der Waals surface area contributed by atoms with E-state index >= 15 is 0 Å². The first-order chi connectivity index (χ1) is 8.97. The van der Waals surface area contributed by atoms with Gasteiger partial charge in [0.15, 0.2) is 0 Å². The highest BCUT2D eigenvalue weighted by Crippen LogP contribution is 2.13. The smallest absolute Gasteiger partial charge is 0.269 e. The Morgan fingerprint density at radius 2 is 2.00 bits per heavy atom. The summed E-state index contributed by atoms with van der Waals surface area (Å²) in [5.41, 5.74) is 0.540. The van der Waals surface area contributed by atoms with Crippen LogP contribution in [0.2, 0.25) is 5.15 Å². The minimum absolute atomic E-state index is 0.0158. The van der Waals surface area contributed by atoms with E-state index in [1.54, 1.807) is 19.1 Å². The molecule has 1 heterocycles. The Balaban J connectivity index is 2.31. The number of hydrogen-bond acceptors (Lipinski definition) is 4. The van der Waals surface area contributed by atoms with Gasteiger partial charge in [0.1, 0.15) is 11.0 Å². The van der Waals surface area contributed by atoms with Gasteiger partial charge in [0.25, 0.3) is 11.2 Å². The molecule has 0 atom stereocenters. The fourth-order valence-electron chi connectivity index (χ4n) is 1.68. The Morgan fingerprint density at radius 1 is 1.37 bits per heavy atom. The predicted molar refractivity (Wildman–Crippen MR) is 70.4 cm³/mol. The van der Waals surface area contributed by atoms with Crippen LogP contribution in [0, 0.1) is 17.0 Å². The third kappa shape index (κ3) is 2.97. The summed E-state index contributed by atoms with van der Waals surface area (Å²) in [6.07, 6.45) is 0. The molecule has 0 aliphatic rings. The first-order valence-electron chi connectivity index (χ1n) is 5.44. The predicted octanol–water partition coefficient (Wildman–Crippen LogP) is 2.16. The minimum Gasteiger partial charge on any atom is -0.292 e. The van der Waals surface area contributed by atoms with E-state index in [1.165, 1.54) is 22.8 Å². The van der Waals surface area contributed by atoms with Gasteiger partial charge < -0.3 is 0 Å². The average molecular weight is 280 g/mol. The molecule has 2 aromatic rings. The van der Waals surface area contributed by atoms with Crippen molar-refractivity contribution < 1.29 is 4.92 Å². The molecule has 2 rings (SSSR count). The second kappa shape index (κ2) is 5.19. The molecule has 0 saturated carbocycles. The van der Waals surface area contributed by atoms with Gasteiger partial charge in [-0.05, 0) is 12.5 Å². The van der Waals surface area contributed by atoms with E-state index in [-0.39, 0.29) is 16.4 Å². The van der Waals surface area contributed by atoms with Gasteiger partial charge >= 0.3 is 0 Å². The molecule has 1 aromatic heterocycles. The molecule has 0 fully saturated rings. The zero-order valence-electron chi connectivity index (χ0n) is 10.0. The van der Waals surface area contributed by atoms with Gasteiger partial charge in [-0.1, -0.05) is 23.7 Å². The molecule has 19 heavy (non-hydrogen) atoms. The van der Waals surface area contributed by atoms with Gasteiger partial charge in [0.2, 0.25) is 0 Å². The molecule has 6 nitrogen and oxygen atoms in total. The summed E-state index contributed by atoms with van der Waals surface area (Å²) < 4.78 is 1.45. The minimum atomic E-state index is -0.467. The maximum absolute atomic E-state index is 11.8. The highest BCUT2D eigenvalue weighted by molar-refractivity contribution is 6.29. The van der Waals surface area contributed by atoms with E-state index in [0.29, 0.717) is 12.4 Å². The van der Waals surface area contributed by atoms with Crippen molar-refractivity contribution in [2.75, 3.05) is 0 Å². The SMILES string of the molecule is Cc1nc(Cl)cc(=O)n1Cc1ccc([N+](=O)[O-])cc1. The lowest BCUT2D eigenvalue weighted by atomic mass is 10.2. The molecule has 0 saturated heterocycles. The molecule has 0 radical (unpaired) electrons. The van der Waals surface area contributed by atoms with Crippen LogP contribution in [0.25, 0.3) is 0 Å². The molecule has 7 heteroatoms. The van der Waals surface area contributed by atoms with Crippen molar-refractivity contribution in [3.63, 3.8) is 0 Å². The molecule has 0 unspecified atom stereocenters. The van der Waals surface area contributed by atoms with Gasteiger partial charge in [-0.15, -0.1) is 0 Å². The van der Waals surface area contributed by atoms with Crippen molar-refractivity contribution in [3.8, 4) is 0 Å². The highest BCUT2D eigenvalue weighted by atomic mass is 35.5. The quantitative estimate of drug-likeness (QED) is 0.490. The van der Waals surface area contributed by atoms with Crippen LogP contribution in [0.5, 0.6) is 0 Å². The summed E-state index contributed by atoms with van der Waals surface area (Å²) in [5, 5.41) is 10.7. The van der Waals surface area contributed by atoms with Crippen LogP contribution in [0.1, 0.15) is 11.4 Å². The van der Waals surface area contributed by atoms with Gasteiger partial charge in [-0.2, -0.15) is 0 Å². The lowest BCUT2D eigenvalue weighted by Gasteiger charge is -2.08. The molecule has 0 spiro atoms. The number of hydrogen-bond donors (Lipinski definition) is 0. The van der Waals surface area contributed by atoms with Crippen LogP contribution >= 0.6 is 11.6 Å². The lowest BCUT2D eigenvalue weighted by molar-refractivity contribution is -0.384. The Labute approximate surface area is 113 Å². The van der Waals surface area contributed by atoms with Crippen molar-refractivity contribution in [1.29, 1.82) is 0 Å². The number of nitrogens with zero attached hydrogens (tertiary/aromatic N) is 3. The van der Waals surface area contributed by atoms with Gasteiger partial charge in [-0.25, -0.2) is 4.98 Å². The van der Waals surface area contributed by atoms with Crippen LogP contribution in [0.15, 0.2) is 35.1 Å². The zero-order chi connectivity index (χ0) is 14.0. The van der Waals surface area contributed by atoms with Gasteiger partial charge in [0, 0.05) is 18.2 Å². The van der Waals surface area contributed by atoms with Crippen LogP contribution < -0.4 is 5.56 Å². The molecule has 0 aliphatic heterocycles. The topological polar surface area (TPSA) is 78.0 Å². The number of aryl methyl sites for hydroxylation is 1. The summed E-state index contributed by atoms with van der Waals surface area (Å²) in [5.74, 6) is 0.496. The first-order valence-corrected chi connectivity index (χ1v) is 5.82. The Hall–Kier alpha value is -2.21. The van der Waals surface area contributed by atoms with Crippen molar-refractivity contribution in [1.82, 2.24) is 9.55 Å². The third-order valence-electron chi connectivity index (χ3n) is 2.66. The monoisotopic (exact) mass is 279 g/mol. The lowest BCUT2D eigenvalue weighted by Crippen LogP contribution is -2.23. The first kappa shape index (κ1) is 13.2. The fraction of sp³-hybridized carbons (Fsp3) is 0.167. The van der Waals surface area contributed by atoms with E-state index in [2.05, 4.69) is 4.98 Å². The Kier molecular flexibility index (Phi) is 3.62. The average Bonchev–Trinajstić information content (AvgIpc) is 2.34. The van der Waals surface area contributed by atoms with E-state index in [4.69, 9.17) is 11.6 Å². The van der Waals surface area contributed by atoms with Crippen LogP contribution in [-0.4, -0.2) is 14.5 Å². The molecule has 0 bridgehead atoms. The van der Waals surface area contributed by atoms with Crippen molar-refractivity contribution in [2.24, 2.45) is 0 Å². The molecule has 1 aromatic carbocycles. The largest absolute Gasteiger partial charge is 0.292 e. The Bertz CT molecular complexity index is 680. The van der Waals surface area contributed by atoms with Gasteiger partial charge in [-0.3, -0.25) is 19.5 Å². The molecule has 0 aliphatic carbocycles. The number of aromatic nitrogens is 2. The van der Waals surface area contributed by atoms with Crippen molar-refractivity contribution >= 4 is 17.3 Å². The van der Waals surface area contributed by atoms with E-state index in [0.717, 1.165) is 5.56 Å². The van der Waals surface area contributed by atoms with Crippen LogP contribution in [0.3, 0.4) is 0 Å². The number of nitro groups is 1. The summed E-state index contributed by atoms with van der Waals surface area (Å²) in [6.45, 7) is 1.98. The fourth-order valence-corrected chi connectivity index (χ4v) is 1.90. The highest BCUT2D eigenvalue weighted by Gasteiger charge is 2.07. The second-order valence-corrected chi connectivity index (χ2v) is 4.36. The van der Waals surface area contributed by atoms with Crippen LogP contribution in [0.4, 0.5) is 5.69 Å². The Morgan fingerprint density at radius 3 is 2.53 bits per heavy atom. The summed E-state index contributed by atoms with van der Waals surface area (Å²) in [7, 11) is 0. The zero-order valence-corrected chi connectivity index (χ0v) is 10.8. The number of halogens is 1. The van der Waals surface area contributed by atoms with E-state index < -0.39 is 4.92 Å². The molecule has 0 N–H and O–H groups in total. The molecule has 98 valence electrons. The second-order valence-electron chi connectivity index (χ2n) is 3.97. The summed E-state index contributed by atoms with van der Waals surface area (Å²) in [4.78, 5) is 25.8. The maximum atomic E-state index is 11.8. The molecular weight excluding hydrogens is 270 g/mol. The normalized spacial score (nSPS) is 10.4. The van der Waals surface area contributed by atoms with E-state index in [1.807, 2.05) is 0 Å². The summed E-state index contributed by atoms with van der Waals surface area (Å²) >= 11 is 5.68.